The minimum Gasteiger partial charge on any atom is -0.291 e. The minimum atomic E-state index is -2.72. The van der Waals surface area contributed by atoms with Crippen LogP contribution in [0.15, 0.2) is 0 Å². The van der Waals surface area contributed by atoms with Gasteiger partial charge in [0.05, 0.1) is 0 Å². The molecule has 2 atom stereocenters. The molecule has 0 radical (unpaired) electrons. The summed E-state index contributed by atoms with van der Waals surface area (Å²) < 4.78 is 25.4. The fourth-order valence-electron chi connectivity index (χ4n) is 2.16. The number of halogens is 2. The van der Waals surface area contributed by atoms with Gasteiger partial charge in [-0.15, -0.1) is 0 Å². The molecule has 0 unspecified atom stereocenters. The van der Waals surface area contributed by atoms with Gasteiger partial charge in [-0.25, -0.2) is 8.78 Å². The Morgan fingerprint density at radius 3 is 2.50 bits per heavy atom. The van der Waals surface area contributed by atoms with Crippen LogP contribution in [0.25, 0.3) is 0 Å². The predicted molar refractivity (Wildman–Crippen MR) is 35.8 cm³/mol. The zero-order valence-corrected chi connectivity index (χ0v) is 6.35. The van der Waals surface area contributed by atoms with Crippen molar-refractivity contribution in [2.75, 3.05) is 0 Å². The third-order valence-electron chi connectivity index (χ3n) is 2.71. The number of ketones is 2. The Hall–Kier alpha value is -0.800. The van der Waals surface area contributed by atoms with E-state index in [0.717, 1.165) is 0 Å². The van der Waals surface area contributed by atoms with E-state index in [1.54, 1.807) is 0 Å². The number of carbonyl (C=O) groups excluding carboxylic acids is 2. The third kappa shape index (κ3) is 0.974. The van der Waals surface area contributed by atoms with E-state index in [0.29, 0.717) is 0 Å². The van der Waals surface area contributed by atoms with E-state index in [4.69, 9.17) is 0 Å². The van der Waals surface area contributed by atoms with Crippen LogP contribution in [-0.2, 0) is 9.59 Å². The maximum atomic E-state index is 12.7. The molecule has 2 nitrogen and oxygen atoms in total. The molecule has 0 N–H and O–H groups in total. The summed E-state index contributed by atoms with van der Waals surface area (Å²) in [5.74, 6) is -4.80. The van der Waals surface area contributed by atoms with Crippen LogP contribution in [0.3, 0.4) is 0 Å². The zero-order chi connectivity index (χ0) is 8.93. The van der Waals surface area contributed by atoms with Gasteiger partial charge in [-0.2, -0.15) is 0 Å². The average Bonchev–Trinajstić information content (AvgIpc) is 2.33. The van der Waals surface area contributed by atoms with Crippen LogP contribution in [0, 0.1) is 11.8 Å². The maximum Gasteiger partial charge on any atom is 0.249 e. The Morgan fingerprint density at radius 2 is 1.92 bits per heavy atom. The van der Waals surface area contributed by atoms with Crippen molar-refractivity contribution in [1.29, 1.82) is 0 Å². The van der Waals surface area contributed by atoms with Crippen LogP contribution < -0.4 is 0 Å². The quantitative estimate of drug-likeness (QED) is 0.517. The van der Waals surface area contributed by atoms with Crippen molar-refractivity contribution < 1.29 is 18.4 Å². The molecule has 0 aromatic heterocycles. The van der Waals surface area contributed by atoms with Gasteiger partial charge in [0.25, 0.3) is 0 Å². The monoisotopic (exact) mass is 174 g/mol. The molecule has 0 heterocycles. The molecule has 2 rings (SSSR count). The van der Waals surface area contributed by atoms with Crippen molar-refractivity contribution in [3.05, 3.63) is 0 Å². The van der Waals surface area contributed by atoms with Gasteiger partial charge >= 0.3 is 0 Å². The van der Waals surface area contributed by atoms with E-state index < -0.39 is 29.8 Å². The number of alkyl halides is 2. The third-order valence-corrected chi connectivity index (χ3v) is 2.71. The molecule has 2 aliphatic rings. The number of rotatable bonds is 0. The van der Waals surface area contributed by atoms with Gasteiger partial charge in [-0.05, 0) is 5.92 Å². The fraction of sp³-hybridized carbons (Fsp3) is 0.750. The Balaban J connectivity index is 2.21. The summed E-state index contributed by atoms with van der Waals surface area (Å²) in [5, 5.41) is 0. The van der Waals surface area contributed by atoms with E-state index in [9.17, 15) is 18.4 Å². The highest BCUT2D eigenvalue weighted by atomic mass is 19.3. The first kappa shape index (κ1) is 7.83. The van der Waals surface area contributed by atoms with Crippen molar-refractivity contribution in [2.45, 2.75) is 25.2 Å². The number of hydrogen-bond donors (Lipinski definition) is 0. The smallest absolute Gasteiger partial charge is 0.249 e. The summed E-state index contributed by atoms with van der Waals surface area (Å²) in [6, 6.07) is 0. The van der Waals surface area contributed by atoms with Crippen molar-refractivity contribution in [3.8, 4) is 0 Å². The second-order valence-corrected chi connectivity index (χ2v) is 3.62. The van der Waals surface area contributed by atoms with Gasteiger partial charge in [0.15, 0.2) is 5.78 Å². The molecule has 0 amide bonds. The Labute approximate surface area is 67.9 Å². The SMILES string of the molecule is O=C1C[C@@H]2CC(F)(F)C[C@@H]2C1=O. The maximum absolute atomic E-state index is 12.7. The van der Waals surface area contributed by atoms with Crippen LogP contribution in [-0.4, -0.2) is 17.5 Å². The molecule has 2 aliphatic carbocycles. The lowest BCUT2D eigenvalue weighted by molar-refractivity contribution is -0.136. The highest BCUT2D eigenvalue weighted by molar-refractivity contribution is 6.40. The summed E-state index contributed by atoms with van der Waals surface area (Å²) in [6.45, 7) is 0. The van der Waals surface area contributed by atoms with Gasteiger partial charge < -0.3 is 0 Å². The summed E-state index contributed by atoms with van der Waals surface area (Å²) in [5.41, 5.74) is 0. The molecule has 2 saturated carbocycles. The van der Waals surface area contributed by atoms with Gasteiger partial charge in [-0.1, -0.05) is 0 Å². The van der Waals surface area contributed by atoms with Gasteiger partial charge in [0.1, 0.15) is 0 Å². The number of hydrogen-bond acceptors (Lipinski definition) is 2. The van der Waals surface area contributed by atoms with Crippen molar-refractivity contribution in [1.82, 2.24) is 0 Å². The van der Waals surface area contributed by atoms with Crippen molar-refractivity contribution in [3.63, 3.8) is 0 Å². The summed E-state index contributed by atoms with van der Waals surface area (Å²) >= 11 is 0. The number of fused-ring (bicyclic) bond motifs is 1. The van der Waals surface area contributed by atoms with E-state index in [1.807, 2.05) is 0 Å². The number of Topliss-reactive ketones (excluding diaryl/α,β-unsaturated/α-hetero) is 2. The molecule has 0 aromatic carbocycles. The molecule has 0 bridgehead atoms. The Kier molecular flexibility index (Phi) is 1.38. The zero-order valence-electron chi connectivity index (χ0n) is 6.35. The predicted octanol–water partition coefficient (Wildman–Crippen LogP) is 1.19. The first-order chi connectivity index (χ1) is 5.49. The Bertz CT molecular complexity index is 260. The fourth-order valence-corrected chi connectivity index (χ4v) is 2.16. The van der Waals surface area contributed by atoms with Crippen LogP contribution in [0.2, 0.25) is 0 Å². The first-order valence-electron chi connectivity index (χ1n) is 3.94. The molecule has 12 heavy (non-hydrogen) atoms. The summed E-state index contributed by atoms with van der Waals surface area (Å²) in [4.78, 5) is 21.8. The van der Waals surface area contributed by atoms with E-state index in [-0.39, 0.29) is 18.8 Å². The molecule has 4 heteroatoms. The molecule has 0 aliphatic heterocycles. The standard InChI is InChI=1S/C8H8F2O2/c9-8(10)2-4-1-6(11)7(12)5(4)3-8/h4-5H,1-3H2/t4-,5+/m1/s1. The van der Waals surface area contributed by atoms with E-state index in [1.165, 1.54) is 0 Å². The second kappa shape index (κ2) is 2.12. The molecule has 0 aromatic rings. The lowest BCUT2D eigenvalue weighted by Crippen LogP contribution is -2.18. The summed E-state index contributed by atoms with van der Waals surface area (Å²) in [7, 11) is 0. The first-order valence-corrected chi connectivity index (χ1v) is 3.94. The average molecular weight is 174 g/mol. The highest BCUT2D eigenvalue weighted by Crippen LogP contribution is 2.48. The molecule has 66 valence electrons. The molecule has 0 spiro atoms. The van der Waals surface area contributed by atoms with Gasteiger partial charge in [0.2, 0.25) is 11.7 Å². The lowest BCUT2D eigenvalue weighted by atomic mass is 10.0. The lowest BCUT2D eigenvalue weighted by Gasteiger charge is -2.07. The second-order valence-electron chi connectivity index (χ2n) is 3.62. The van der Waals surface area contributed by atoms with Crippen LogP contribution >= 0.6 is 0 Å². The van der Waals surface area contributed by atoms with Crippen molar-refractivity contribution >= 4 is 11.6 Å². The largest absolute Gasteiger partial charge is 0.291 e. The van der Waals surface area contributed by atoms with Crippen LogP contribution in [0.4, 0.5) is 8.78 Å². The topological polar surface area (TPSA) is 34.1 Å². The highest BCUT2D eigenvalue weighted by Gasteiger charge is 2.54. The Morgan fingerprint density at radius 1 is 1.25 bits per heavy atom. The van der Waals surface area contributed by atoms with Gasteiger partial charge in [-0.3, -0.25) is 9.59 Å². The van der Waals surface area contributed by atoms with Crippen molar-refractivity contribution in [2.24, 2.45) is 11.8 Å². The van der Waals surface area contributed by atoms with Crippen LogP contribution in [0.5, 0.6) is 0 Å². The summed E-state index contributed by atoms with van der Waals surface area (Å²) in [6.07, 6.45) is -0.656. The molecule has 0 saturated heterocycles. The minimum absolute atomic E-state index is 0.0408. The van der Waals surface area contributed by atoms with E-state index >= 15 is 0 Å². The molecule has 2 fully saturated rings. The molecular formula is C8H8F2O2. The van der Waals surface area contributed by atoms with Crippen LogP contribution in [0.1, 0.15) is 19.3 Å². The number of carbonyl (C=O) groups is 2. The normalized spacial score (nSPS) is 38.8. The molecular weight excluding hydrogens is 166 g/mol. The van der Waals surface area contributed by atoms with Gasteiger partial charge in [0, 0.05) is 25.2 Å². The van der Waals surface area contributed by atoms with E-state index in [2.05, 4.69) is 0 Å².